The number of hydrogen-bond acceptors (Lipinski definition) is 4. The molecule has 1 aliphatic heterocycles. The Morgan fingerprint density at radius 3 is 2.55 bits per heavy atom. The first-order valence-corrected chi connectivity index (χ1v) is 8.03. The van der Waals surface area contributed by atoms with Crippen LogP contribution < -0.4 is 9.88 Å². The number of rotatable bonds is 4. The third kappa shape index (κ3) is 3.62. The molecule has 1 aromatic rings. The number of benzene rings is 1. The van der Waals surface area contributed by atoms with Gasteiger partial charge >= 0.3 is 0 Å². The van der Waals surface area contributed by atoms with E-state index in [0.717, 1.165) is 25.9 Å². The van der Waals surface area contributed by atoms with Crippen LogP contribution in [-0.2, 0) is 14.8 Å². The van der Waals surface area contributed by atoms with Gasteiger partial charge in [-0.2, -0.15) is 0 Å². The highest BCUT2D eigenvalue weighted by molar-refractivity contribution is 7.89. The van der Waals surface area contributed by atoms with E-state index in [0.29, 0.717) is 0 Å². The number of halogens is 1. The number of nitrogens with two attached hydrogens (primary N) is 1. The number of primary sulfonamides is 1. The minimum absolute atomic E-state index is 0.0966. The highest BCUT2D eigenvalue weighted by atomic mass is 35.5. The molecule has 1 aliphatic rings. The van der Waals surface area contributed by atoms with Gasteiger partial charge in [0.05, 0.1) is 9.92 Å². The van der Waals surface area contributed by atoms with Crippen LogP contribution in [0, 0.1) is 0 Å². The van der Waals surface area contributed by atoms with Gasteiger partial charge in [-0.3, -0.25) is 4.79 Å². The maximum absolute atomic E-state index is 11.8. The molecule has 0 aromatic heterocycles. The van der Waals surface area contributed by atoms with E-state index in [-0.39, 0.29) is 28.2 Å². The standard InChI is InChI=1S/C12H15ClN2O4S/c13-10-7-9(20(14,17)18)3-4-11(10)19-8-12(16)15-5-1-2-6-15/h3-4,7H,1-2,5-6,8H2,(H2,14,17,18). The average molecular weight is 319 g/mol. The quantitative estimate of drug-likeness (QED) is 0.896. The van der Waals surface area contributed by atoms with Crippen LogP contribution in [0.15, 0.2) is 23.1 Å². The van der Waals surface area contributed by atoms with E-state index < -0.39 is 10.0 Å². The molecule has 0 atom stereocenters. The van der Waals surface area contributed by atoms with E-state index in [1.165, 1.54) is 18.2 Å². The zero-order valence-electron chi connectivity index (χ0n) is 10.7. The van der Waals surface area contributed by atoms with Gasteiger partial charge in [0.15, 0.2) is 6.61 Å². The lowest BCUT2D eigenvalue weighted by atomic mass is 10.3. The van der Waals surface area contributed by atoms with Crippen molar-refractivity contribution < 1.29 is 17.9 Å². The Kier molecular flexibility index (Phi) is 4.52. The molecule has 8 heteroatoms. The molecular weight excluding hydrogens is 304 g/mol. The second-order valence-corrected chi connectivity index (χ2v) is 6.48. The maximum Gasteiger partial charge on any atom is 0.260 e. The predicted octanol–water partition coefficient (Wildman–Crippen LogP) is 0.989. The summed E-state index contributed by atoms with van der Waals surface area (Å²) in [6.07, 6.45) is 2.02. The number of ether oxygens (including phenoxy) is 1. The van der Waals surface area contributed by atoms with Crippen molar-refractivity contribution in [2.75, 3.05) is 19.7 Å². The molecule has 0 aliphatic carbocycles. The fourth-order valence-corrected chi connectivity index (χ4v) is 2.81. The van der Waals surface area contributed by atoms with Crippen LogP contribution in [0.5, 0.6) is 5.75 Å². The van der Waals surface area contributed by atoms with Crippen LogP contribution in [-0.4, -0.2) is 38.9 Å². The molecule has 1 fully saturated rings. The van der Waals surface area contributed by atoms with E-state index >= 15 is 0 Å². The molecule has 0 bridgehead atoms. The van der Waals surface area contributed by atoms with Gasteiger partial charge in [0.25, 0.3) is 5.91 Å². The van der Waals surface area contributed by atoms with Crippen molar-refractivity contribution in [1.82, 2.24) is 4.90 Å². The predicted molar refractivity (Wildman–Crippen MR) is 74.1 cm³/mol. The summed E-state index contributed by atoms with van der Waals surface area (Å²) < 4.78 is 27.6. The molecule has 110 valence electrons. The van der Waals surface area contributed by atoms with Crippen molar-refractivity contribution in [1.29, 1.82) is 0 Å². The molecule has 20 heavy (non-hydrogen) atoms. The summed E-state index contributed by atoms with van der Waals surface area (Å²) in [4.78, 5) is 13.4. The molecule has 1 amide bonds. The van der Waals surface area contributed by atoms with Crippen molar-refractivity contribution in [3.63, 3.8) is 0 Å². The molecule has 6 nitrogen and oxygen atoms in total. The van der Waals surface area contributed by atoms with Crippen molar-refractivity contribution in [3.8, 4) is 5.75 Å². The van der Waals surface area contributed by atoms with Crippen molar-refractivity contribution in [2.45, 2.75) is 17.7 Å². The lowest BCUT2D eigenvalue weighted by Gasteiger charge is -2.16. The van der Waals surface area contributed by atoms with Gasteiger partial charge in [-0.15, -0.1) is 0 Å². The van der Waals surface area contributed by atoms with Gasteiger partial charge in [-0.25, -0.2) is 13.6 Å². The van der Waals surface area contributed by atoms with E-state index in [9.17, 15) is 13.2 Å². The Balaban J connectivity index is 2.01. The molecule has 2 N–H and O–H groups in total. The number of carbonyl (C=O) groups excluding carboxylic acids is 1. The molecule has 1 saturated heterocycles. The molecule has 0 saturated carbocycles. The summed E-state index contributed by atoms with van der Waals surface area (Å²) in [5, 5.41) is 5.10. The molecule has 0 spiro atoms. The Morgan fingerprint density at radius 1 is 1.35 bits per heavy atom. The maximum atomic E-state index is 11.8. The SMILES string of the molecule is NS(=O)(=O)c1ccc(OCC(=O)N2CCCC2)c(Cl)c1. The number of sulfonamides is 1. The Labute approximate surface area is 122 Å². The van der Waals surface area contributed by atoms with Crippen LogP contribution >= 0.6 is 11.6 Å². The summed E-state index contributed by atoms with van der Waals surface area (Å²) >= 11 is 5.91. The smallest absolute Gasteiger partial charge is 0.260 e. The van der Waals surface area contributed by atoms with Crippen LogP contribution in [0.25, 0.3) is 0 Å². The summed E-state index contributed by atoms with van der Waals surface area (Å²) in [7, 11) is -3.80. The molecule has 0 unspecified atom stereocenters. The Hall–Kier alpha value is -1.31. The average Bonchev–Trinajstić information content (AvgIpc) is 2.89. The topological polar surface area (TPSA) is 89.7 Å². The van der Waals surface area contributed by atoms with Gasteiger partial charge in [0, 0.05) is 13.1 Å². The second-order valence-electron chi connectivity index (χ2n) is 4.51. The lowest BCUT2D eigenvalue weighted by molar-refractivity contribution is -0.132. The zero-order chi connectivity index (χ0) is 14.8. The van der Waals surface area contributed by atoms with Crippen LogP contribution in [0.4, 0.5) is 0 Å². The van der Waals surface area contributed by atoms with Crippen LogP contribution in [0.3, 0.4) is 0 Å². The number of likely N-dealkylation sites (tertiary alicyclic amines) is 1. The number of nitrogens with zero attached hydrogens (tertiary/aromatic N) is 1. The minimum atomic E-state index is -3.80. The van der Waals surface area contributed by atoms with Crippen LogP contribution in [0.1, 0.15) is 12.8 Å². The number of amides is 1. The van der Waals surface area contributed by atoms with E-state index in [4.69, 9.17) is 21.5 Å². The molecule has 1 aromatic carbocycles. The Morgan fingerprint density at radius 2 is 2.00 bits per heavy atom. The van der Waals surface area contributed by atoms with Crippen molar-refractivity contribution >= 4 is 27.5 Å². The zero-order valence-corrected chi connectivity index (χ0v) is 12.3. The summed E-state index contributed by atoms with van der Waals surface area (Å²) in [6.45, 7) is 1.38. The van der Waals surface area contributed by atoms with Gasteiger partial charge in [0.2, 0.25) is 10.0 Å². The summed E-state index contributed by atoms with van der Waals surface area (Å²) in [5.41, 5.74) is 0. The van der Waals surface area contributed by atoms with Gasteiger partial charge in [-0.05, 0) is 31.0 Å². The highest BCUT2D eigenvalue weighted by Gasteiger charge is 2.19. The molecular formula is C12H15ClN2O4S. The van der Waals surface area contributed by atoms with Crippen molar-refractivity contribution in [3.05, 3.63) is 23.2 Å². The monoisotopic (exact) mass is 318 g/mol. The van der Waals surface area contributed by atoms with Gasteiger partial charge in [-0.1, -0.05) is 11.6 Å². The molecule has 0 radical (unpaired) electrons. The highest BCUT2D eigenvalue weighted by Crippen LogP contribution is 2.27. The molecule has 1 heterocycles. The van der Waals surface area contributed by atoms with Gasteiger partial charge in [0.1, 0.15) is 5.75 Å². The first-order valence-electron chi connectivity index (χ1n) is 6.11. The fraction of sp³-hybridized carbons (Fsp3) is 0.417. The summed E-state index contributed by atoms with van der Waals surface area (Å²) in [6, 6.07) is 3.88. The lowest BCUT2D eigenvalue weighted by Crippen LogP contribution is -2.32. The van der Waals surface area contributed by atoms with Crippen molar-refractivity contribution in [2.24, 2.45) is 5.14 Å². The first kappa shape index (κ1) is 15.1. The number of carbonyl (C=O) groups is 1. The third-order valence-corrected chi connectivity index (χ3v) is 4.25. The Bertz CT molecular complexity index is 612. The number of hydrogen-bond donors (Lipinski definition) is 1. The molecule has 2 rings (SSSR count). The fourth-order valence-electron chi connectivity index (χ4n) is 1.97. The van der Waals surface area contributed by atoms with Crippen LogP contribution in [0.2, 0.25) is 5.02 Å². The largest absolute Gasteiger partial charge is 0.482 e. The first-order chi connectivity index (χ1) is 9.38. The van der Waals surface area contributed by atoms with E-state index in [2.05, 4.69) is 0 Å². The third-order valence-electron chi connectivity index (χ3n) is 3.04. The van der Waals surface area contributed by atoms with E-state index in [1.807, 2.05) is 0 Å². The second kappa shape index (κ2) is 5.99. The van der Waals surface area contributed by atoms with E-state index in [1.54, 1.807) is 4.90 Å². The summed E-state index contributed by atoms with van der Waals surface area (Å²) in [5.74, 6) is 0.153. The normalized spacial score (nSPS) is 15.4. The van der Waals surface area contributed by atoms with Gasteiger partial charge < -0.3 is 9.64 Å². The minimum Gasteiger partial charge on any atom is -0.482 e.